The second-order valence-electron chi connectivity index (χ2n) is 7.47. The zero-order chi connectivity index (χ0) is 22.2. The van der Waals surface area contributed by atoms with E-state index in [4.69, 9.17) is 0 Å². The molecule has 0 radical (unpaired) electrons. The molecule has 2 aliphatic rings. The van der Waals surface area contributed by atoms with Gasteiger partial charge in [-0.3, -0.25) is 19.3 Å². The van der Waals surface area contributed by atoms with Crippen LogP contribution in [0.2, 0.25) is 0 Å². The van der Waals surface area contributed by atoms with Crippen molar-refractivity contribution < 1.29 is 32.7 Å². The smallest absolute Gasteiger partial charge is 0.416 e. The number of benzene rings is 1. The normalized spacial score (nSPS) is 22.5. The number of hydrogen-bond acceptors (Lipinski definition) is 4. The molecule has 7 nitrogen and oxygen atoms in total. The van der Waals surface area contributed by atoms with E-state index in [1.54, 1.807) is 7.05 Å². The summed E-state index contributed by atoms with van der Waals surface area (Å²) in [6.45, 7) is 1.21. The van der Waals surface area contributed by atoms with Gasteiger partial charge in [0.2, 0.25) is 5.91 Å². The number of alkyl halides is 3. The molecule has 10 heteroatoms. The van der Waals surface area contributed by atoms with E-state index in [1.165, 1.54) is 11.0 Å². The van der Waals surface area contributed by atoms with Gasteiger partial charge in [-0.2, -0.15) is 13.2 Å². The third-order valence-corrected chi connectivity index (χ3v) is 5.39. The number of aliphatic carboxylic acids is 1. The number of rotatable bonds is 4. The lowest BCUT2D eigenvalue weighted by molar-refractivity contribution is -0.141. The minimum absolute atomic E-state index is 0.0118. The summed E-state index contributed by atoms with van der Waals surface area (Å²) in [5.74, 6) is -2.38. The van der Waals surface area contributed by atoms with Gasteiger partial charge >= 0.3 is 12.1 Å². The van der Waals surface area contributed by atoms with Crippen LogP contribution in [0, 0.1) is 0 Å². The number of amides is 2. The molecule has 2 amide bonds. The molecule has 0 unspecified atom stereocenters. The van der Waals surface area contributed by atoms with Crippen molar-refractivity contribution in [1.82, 2.24) is 10.2 Å². The Labute approximate surface area is 171 Å². The number of fused-ring (bicyclic) bond motifs is 1. The van der Waals surface area contributed by atoms with Crippen LogP contribution < -0.4 is 10.2 Å². The molecule has 0 aliphatic carbocycles. The van der Waals surface area contributed by atoms with Crippen LogP contribution in [0.3, 0.4) is 0 Å². The predicted molar refractivity (Wildman–Crippen MR) is 102 cm³/mol. The van der Waals surface area contributed by atoms with Crippen LogP contribution in [0.15, 0.2) is 29.8 Å². The Hall–Kier alpha value is -2.88. The van der Waals surface area contributed by atoms with Crippen LogP contribution in [0.5, 0.6) is 0 Å². The van der Waals surface area contributed by atoms with Gasteiger partial charge in [0.25, 0.3) is 5.91 Å². The van der Waals surface area contributed by atoms with Gasteiger partial charge in [-0.1, -0.05) is 17.7 Å². The third-order valence-electron chi connectivity index (χ3n) is 5.39. The van der Waals surface area contributed by atoms with Crippen molar-refractivity contribution in [2.45, 2.75) is 38.0 Å². The number of nitrogens with zero attached hydrogens (tertiary/aromatic N) is 2. The summed E-state index contributed by atoms with van der Waals surface area (Å²) >= 11 is 0. The number of hydrogen-bond donors (Lipinski definition) is 2. The molecular formula is C20H22F3N3O4. The van der Waals surface area contributed by atoms with E-state index >= 15 is 0 Å². The lowest BCUT2D eigenvalue weighted by Gasteiger charge is -2.39. The minimum Gasteiger partial charge on any atom is -0.480 e. The number of carboxylic acid groups (broad SMARTS) is 1. The molecule has 30 heavy (non-hydrogen) atoms. The summed E-state index contributed by atoms with van der Waals surface area (Å²) in [5.41, 5.74) is 0.196. The first-order valence-corrected chi connectivity index (χ1v) is 9.39. The summed E-state index contributed by atoms with van der Waals surface area (Å²) in [5, 5.41) is 12.1. The van der Waals surface area contributed by atoms with Crippen LogP contribution in [0.25, 0.3) is 0 Å². The Balaban J connectivity index is 2.05. The highest BCUT2D eigenvalue weighted by molar-refractivity contribution is 6.05. The van der Waals surface area contributed by atoms with Crippen LogP contribution in [0.1, 0.15) is 24.5 Å². The van der Waals surface area contributed by atoms with Crippen LogP contribution >= 0.6 is 0 Å². The monoisotopic (exact) mass is 425 g/mol. The quantitative estimate of drug-likeness (QED) is 0.719. The molecule has 0 aromatic heterocycles. The Morgan fingerprint density at radius 1 is 1.27 bits per heavy atom. The van der Waals surface area contributed by atoms with Gasteiger partial charge in [0, 0.05) is 18.7 Å². The number of carbonyl (C=O) groups is 3. The SMILES string of the molecule is CN[C@H]1CC=C(C)CN([C@H]2Cc3ccc(C(F)(F)F)cc3N(CC(=O)O)C2=O)C1=O. The van der Waals surface area contributed by atoms with Crippen molar-refractivity contribution >= 4 is 23.5 Å². The second-order valence-corrected chi connectivity index (χ2v) is 7.47. The molecule has 2 heterocycles. The van der Waals surface area contributed by atoms with Crippen LogP contribution in [0.4, 0.5) is 18.9 Å². The van der Waals surface area contributed by atoms with Crippen molar-refractivity contribution in [3.8, 4) is 0 Å². The van der Waals surface area contributed by atoms with E-state index in [0.717, 1.165) is 22.6 Å². The molecule has 0 fully saturated rings. The summed E-state index contributed by atoms with van der Waals surface area (Å²) < 4.78 is 39.4. The van der Waals surface area contributed by atoms with E-state index < -0.39 is 42.2 Å². The molecule has 3 rings (SSSR count). The van der Waals surface area contributed by atoms with Crippen molar-refractivity contribution in [2.75, 3.05) is 25.0 Å². The van der Waals surface area contributed by atoms with E-state index in [1.807, 2.05) is 13.0 Å². The lowest BCUT2D eigenvalue weighted by Crippen LogP contribution is -2.58. The summed E-state index contributed by atoms with van der Waals surface area (Å²) in [6.07, 6.45) is -2.28. The maximum atomic E-state index is 13.2. The minimum atomic E-state index is -4.63. The van der Waals surface area contributed by atoms with Crippen LogP contribution in [-0.2, 0) is 27.0 Å². The third kappa shape index (κ3) is 4.18. The van der Waals surface area contributed by atoms with E-state index in [0.29, 0.717) is 12.0 Å². The molecule has 162 valence electrons. The van der Waals surface area contributed by atoms with Crippen LogP contribution in [-0.4, -0.2) is 60.0 Å². The Kier molecular flexibility index (Phi) is 5.89. The van der Waals surface area contributed by atoms with Gasteiger partial charge < -0.3 is 15.3 Å². The van der Waals surface area contributed by atoms with E-state index in [2.05, 4.69) is 5.32 Å². The fraction of sp³-hybridized carbons (Fsp3) is 0.450. The molecule has 2 aliphatic heterocycles. The Morgan fingerprint density at radius 2 is 1.97 bits per heavy atom. The number of halogens is 3. The fourth-order valence-electron chi connectivity index (χ4n) is 3.84. The van der Waals surface area contributed by atoms with Crippen molar-refractivity contribution in [2.24, 2.45) is 0 Å². The van der Waals surface area contributed by atoms with Crippen molar-refractivity contribution in [3.63, 3.8) is 0 Å². The highest BCUT2D eigenvalue weighted by Gasteiger charge is 2.42. The molecule has 1 aromatic rings. The zero-order valence-electron chi connectivity index (χ0n) is 16.5. The first kappa shape index (κ1) is 21.8. The molecule has 2 N–H and O–H groups in total. The van der Waals surface area contributed by atoms with E-state index in [9.17, 15) is 32.7 Å². The topological polar surface area (TPSA) is 89.9 Å². The highest BCUT2D eigenvalue weighted by Crippen LogP contribution is 2.37. The van der Waals surface area contributed by atoms with Gasteiger partial charge in [0.1, 0.15) is 12.6 Å². The average Bonchev–Trinajstić information content (AvgIpc) is 2.80. The van der Waals surface area contributed by atoms with Gasteiger partial charge in [0.15, 0.2) is 0 Å². The second kappa shape index (κ2) is 8.10. The average molecular weight is 425 g/mol. The zero-order valence-corrected chi connectivity index (χ0v) is 16.5. The molecule has 0 bridgehead atoms. The van der Waals surface area contributed by atoms with Gasteiger partial charge in [0.05, 0.1) is 11.6 Å². The standard InChI is InChI=1S/C20H22F3N3O4/c1-11-3-6-14(24-2)18(29)25(9-11)16-7-12-4-5-13(20(21,22)23)8-15(12)26(19(16)30)10-17(27)28/h3-5,8,14,16,24H,6-7,9-10H2,1-2H3,(H,27,28)/t14-,16-/m0/s1. The number of carboxylic acids is 1. The van der Waals surface area contributed by atoms with Crippen molar-refractivity contribution in [1.29, 1.82) is 0 Å². The molecule has 0 spiro atoms. The number of nitrogens with one attached hydrogen (secondary N) is 1. The number of carbonyl (C=O) groups excluding carboxylic acids is 2. The first-order valence-electron chi connectivity index (χ1n) is 9.39. The molecule has 1 aromatic carbocycles. The summed E-state index contributed by atoms with van der Waals surface area (Å²) in [6, 6.07) is 1.39. The van der Waals surface area contributed by atoms with Gasteiger partial charge in [-0.15, -0.1) is 0 Å². The largest absolute Gasteiger partial charge is 0.480 e. The Morgan fingerprint density at radius 3 is 2.57 bits per heavy atom. The molecular weight excluding hydrogens is 403 g/mol. The molecule has 0 saturated heterocycles. The van der Waals surface area contributed by atoms with E-state index in [-0.39, 0.29) is 24.6 Å². The number of anilines is 1. The summed E-state index contributed by atoms with van der Waals surface area (Å²) in [7, 11) is 1.63. The van der Waals surface area contributed by atoms with Crippen molar-refractivity contribution in [3.05, 3.63) is 41.0 Å². The number of likely N-dealkylation sites (N-methyl/N-ethyl adjacent to an activating group) is 1. The maximum Gasteiger partial charge on any atom is 0.416 e. The maximum absolute atomic E-state index is 13.2. The van der Waals surface area contributed by atoms with Gasteiger partial charge in [-0.05, 0) is 38.1 Å². The fourth-order valence-corrected chi connectivity index (χ4v) is 3.84. The van der Waals surface area contributed by atoms with Gasteiger partial charge in [-0.25, -0.2) is 0 Å². The molecule has 2 atom stereocenters. The molecule has 0 saturated carbocycles. The summed E-state index contributed by atoms with van der Waals surface area (Å²) in [4.78, 5) is 39.7. The predicted octanol–water partition coefficient (Wildman–Crippen LogP) is 1.81. The Bertz CT molecular complexity index is 913. The first-order chi connectivity index (χ1) is 14.0. The lowest BCUT2D eigenvalue weighted by atomic mass is 9.93. The highest BCUT2D eigenvalue weighted by atomic mass is 19.4.